The molecule has 0 bridgehead atoms. The van der Waals surface area contributed by atoms with E-state index < -0.39 is 11.9 Å². The number of nitrogens with one attached hydrogen (secondary N) is 1. The summed E-state index contributed by atoms with van der Waals surface area (Å²) in [7, 11) is 0. The minimum Gasteiger partial charge on any atom is -0.477 e. The first-order chi connectivity index (χ1) is 9.97. The molecule has 1 heterocycles. The highest BCUT2D eigenvalue weighted by molar-refractivity contribution is 6.30. The zero-order valence-corrected chi connectivity index (χ0v) is 12.0. The molecule has 2 rings (SSSR count). The standard InChI is InChI=1S/C15H13ClN2O3/c1-9(10-4-2-5-11(16)8-10)17-14(19)12-6-3-7-13(18-12)15(20)21/h2-9H,1H3,(H,17,19)(H,20,21). The molecule has 1 aromatic carbocycles. The van der Waals surface area contributed by atoms with Crippen LogP contribution in [-0.4, -0.2) is 22.0 Å². The van der Waals surface area contributed by atoms with E-state index >= 15 is 0 Å². The van der Waals surface area contributed by atoms with Gasteiger partial charge >= 0.3 is 5.97 Å². The lowest BCUT2D eigenvalue weighted by atomic mass is 10.1. The Balaban J connectivity index is 2.14. The van der Waals surface area contributed by atoms with Gasteiger partial charge in [0.15, 0.2) is 0 Å². The Morgan fingerprint density at radius 1 is 1.19 bits per heavy atom. The number of hydrogen-bond acceptors (Lipinski definition) is 3. The first-order valence-electron chi connectivity index (χ1n) is 6.24. The van der Waals surface area contributed by atoms with Crippen LogP contribution >= 0.6 is 11.6 Å². The van der Waals surface area contributed by atoms with Crippen LogP contribution in [0, 0.1) is 0 Å². The molecular weight excluding hydrogens is 292 g/mol. The zero-order valence-electron chi connectivity index (χ0n) is 11.2. The summed E-state index contributed by atoms with van der Waals surface area (Å²) in [5.74, 6) is -1.61. The SMILES string of the molecule is CC(NC(=O)c1cccc(C(=O)O)n1)c1cccc(Cl)c1. The molecule has 1 unspecified atom stereocenters. The summed E-state index contributed by atoms with van der Waals surface area (Å²) in [6.45, 7) is 1.81. The third-order valence-electron chi connectivity index (χ3n) is 2.90. The fraction of sp³-hybridized carbons (Fsp3) is 0.133. The Labute approximate surface area is 126 Å². The Morgan fingerprint density at radius 3 is 2.52 bits per heavy atom. The van der Waals surface area contributed by atoms with Gasteiger partial charge in [-0.25, -0.2) is 9.78 Å². The Bertz CT molecular complexity index is 688. The first kappa shape index (κ1) is 15.0. The van der Waals surface area contributed by atoms with Gasteiger partial charge in [0.1, 0.15) is 11.4 Å². The van der Waals surface area contributed by atoms with Crippen LogP contribution in [0.3, 0.4) is 0 Å². The lowest BCUT2D eigenvalue weighted by molar-refractivity contribution is 0.0690. The summed E-state index contributed by atoms with van der Waals surface area (Å²) < 4.78 is 0. The van der Waals surface area contributed by atoms with Crippen molar-refractivity contribution in [3.05, 3.63) is 64.4 Å². The molecule has 0 aliphatic rings. The number of halogens is 1. The van der Waals surface area contributed by atoms with Crippen LogP contribution in [0.25, 0.3) is 0 Å². The van der Waals surface area contributed by atoms with E-state index in [4.69, 9.17) is 16.7 Å². The molecule has 0 spiro atoms. The van der Waals surface area contributed by atoms with E-state index in [-0.39, 0.29) is 17.4 Å². The van der Waals surface area contributed by atoms with Crippen LogP contribution < -0.4 is 5.32 Å². The summed E-state index contributed by atoms with van der Waals surface area (Å²) in [5.41, 5.74) is 0.743. The monoisotopic (exact) mass is 304 g/mol. The molecule has 0 radical (unpaired) electrons. The van der Waals surface area contributed by atoms with Gasteiger partial charge in [-0.15, -0.1) is 0 Å². The largest absolute Gasteiger partial charge is 0.477 e. The van der Waals surface area contributed by atoms with Crippen molar-refractivity contribution in [2.45, 2.75) is 13.0 Å². The third kappa shape index (κ3) is 3.79. The summed E-state index contributed by atoms with van der Waals surface area (Å²) in [4.78, 5) is 26.7. The van der Waals surface area contributed by atoms with Gasteiger partial charge in [-0.2, -0.15) is 0 Å². The number of carboxylic acid groups (broad SMARTS) is 1. The van der Waals surface area contributed by atoms with Crippen molar-refractivity contribution in [1.82, 2.24) is 10.3 Å². The van der Waals surface area contributed by atoms with Gasteiger partial charge in [0.2, 0.25) is 0 Å². The number of aromatic carboxylic acids is 1. The number of carboxylic acids is 1. The lowest BCUT2D eigenvalue weighted by Gasteiger charge is -2.14. The van der Waals surface area contributed by atoms with E-state index in [9.17, 15) is 9.59 Å². The van der Waals surface area contributed by atoms with Crippen LogP contribution in [0.5, 0.6) is 0 Å². The van der Waals surface area contributed by atoms with Crippen molar-refractivity contribution in [3.63, 3.8) is 0 Å². The second-order valence-electron chi connectivity index (χ2n) is 4.46. The van der Waals surface area contributed by atoms with Gasteiger partial charge in [0, 0.05) is 5.02 Å². The lowest BCUT2D eigenvalue weighted by Crippen LogP contribution is -2.27. The van der Waals surface area contributed by atoms with Gasteiger partial charge in [-0.05, 0) is 36.8 Å². The number of carbonyl (C=O) groups excluding carboxylic acids is 1. The molecule has 2 aromatic rings. The predicted molar refractivity (Wildman–Crippen MR) is 78.5 cm³/mol. The van der Waals surface area contributed by atoms with Crippen molar-refractivity contribution in [2.24, 2.45) is 0 Å². The third-order valence-corrected chi connectivity index (χ3v) is 3.13. The van der Waals surface area contributed by atoms with Crippen LogP contribution in [0.4, 0.5) is 0 Å². The maximum Gasteiger partial charge on any atom is 0.354 e. The van der Waals surface area contributed by atoms with Gasteiger partial charge < -0.3 is 10.4 Å². The smallest absolute Gasteiger partial charge is 0.354 e. The van der Waals surface area contributed by atoms with Gasteiger partial charge in [0.05, 0.1) is 6.04 Å². The van der Waals surface area contributed by atoms with Gasteiger partial charge in [0.25, 0.3) is 5.91 Å². The van der Waals surface area contributed by atoms with Gasteiger partial charge in [-0.3, -0.25) is 4.79 Å². The Kier molecular flexibility index (Phi) is 4.55. The molecule has 1 atom stereocenters. The molecule has 1 aromatic heterocycles. The molecule has 2 N–H and O–H groups in total. The first-order valence-corrected chi connectivity index (χ1v) is 6.62. The molecule has 6 heteroatoms. The van der Waals surface area contributed by atoms with E-state index in [1.54, 1.807) is 18.2 Å². The highest BCUT2D eigenvalue weighted by atomic mass is 35.5. The number of nitrogens with zero attached hydrogens (tertiary/aromatic N) is 1. The van der Waals surface area contributed by atoms with Crippen molar-refractivity contribution < 1.29 is 14.7 Å². The molecule has 21 heavy (non-hydrogen) atoms. The Morgan fingerprint density at radius 2 is 1.86 bits per heavy atom. The maximum absolute atomic E-state index is 12.1. The zero-order chi connectivity index (χ0) is 15.4. The maximum atomic E-state index is 12.1. The highest BCUT2D eigenvalue weighted by Gasteiger charge is 2.14. The number of rotatable bonds is 4. The number of aromatic nitrogens is 1. The molecule has 5 nitrogen and oxygen atoms in total. The van der Waals surface area contributed by atoms with E-state index in [1.807, 2.05) is 13.0 Å². The topological polar surface area (TPSA) is 79.3 Å². The molecule has 108 valence electrons. The minimum absolute atomic E-state index is 0.0591. The second-order valence-corrected chi connectivity index (χ2v) is 4.90. The second kappa shape index (κ2) is 6.37. The van der Waals surface area contributed by atoms with Crippen LogP contribution in [0.1, 0.15) is 39.5 Å². The molecule has 0 saturated carbocycles. The predicted octanol–water partition coefficient (Wildman–Crippen LogP) is 2.92. The quantitative estimate of drug-likeness (QED) is 0.910. The van der Waals surface area contributed by atoms with Crippen molar-refractivity contribution in [1.29, 1.82) is 0 Å². The molecule has 0 aliphatic heterocycles. The molecular formula is C15H13ClN2O3. The van der Waals surface area contributed by atoms with Crippen LogP contribution in [0.2, 0.25) is 5.02 Å². The van der Waals surface area contributed by atoms with Crippen molar-refractivity contribution >= 4 is 23.5 Å². The number of pyridine rings is 1. The molecule has 0 saturated heterocycles. The van der Waals surface area contributed by atoms with E-state index in [0.717, 1.165) is 5.56 Å². The van der Waals surface area contributed by atoms with Gasteiger partial charge in [-0.1, -0.05) is 29.8 Å². The molecule has 1 amide bonds. The minimum atomic E-state index is -1.17. The van der Waals surface area contributed by atoms with Crippen molar-refractivity contribution in [2.75, 3.05) is 0 Å². The summed E-state index contributed by atoms with van der Waals surface area (Å²) >= 11 is 5.91. The summed E-state index contributed by atoms with van der Waals surface area (Å²) in [6.07, 6.45) is 0. The number of hydrogen-bond donors (Lipinski definition) is 2. The average Bonchev–Trinajstić information content (AvgIpc) is 2.47. The highest BCUT2D eigenvalue weighted by Crippen LogP contribution is 2.17. The van der Waals surface area contributed by atoms with E-state index in [0.29, 0.717) is 5.02 Å². The molecule has 0 aliphatic carbocycles. The van der Waals surface area contributed by atoms with Crippen LogP contribution in [0.15, 0.2) is 42.5 Å². The van der Waals surface area contributed by atoms with E-state index in [2.05, 4.69) is 10.3 Å². The summed E-state index contributed by atoms with van der Waals surface area (Å²) in [5, 5.41) is 12.2. The number of amides is 1. The fourth-order valence-corrected chi connectivity index (χ4v) is 2.01. The fourth-order valence-electron chi connectivity index (χ4n) is 1.81. The van der Waals surface area contributed by atoms with E-state index in [1.165, 1.54) is 18.2 Å². The normalized spacial score (nSPS) is 11.7. The number of carbonyl (C=O) groups is 2. The molecule has 0 fully saturated rings. The number of benzene rings is 1. The average molecular weight is 305 g/mol. The summed E-state index contributed by atoms with van der Waals surface area (Å²) in [6, 6.07) is 11.2. The van der Waals surface area contributed by atoms with Crippen LogP contribution in [-0.2, 0) is 0 Å². The Hall–Kier alpha value is -2.40. The van der Waals surface area contributed by atoms with Crippen molar-refractivity contribution in [3.8, 4) is 0 Å².